The Bertz CT molecular complexity index is 539. The summed E-state index contributed by atoms with van der Waals surface area (Å²) in [6, 6.07) is 18.6. The summed E-state index contributed by atoms with van der Waals surface area (Å²) in [6.07, 6.45) is 1.02. The monoisotopic (exact) mass is 298 g/mol. The third-order valence-electron chi connectivity index (χ3n) is 3.58. The average Bonchev–Trinajstić information content (AvgIpc) is 2.54. The average molecular weight is 298 g/mol. The molecule has 3 nitrogen and oxygen atoms in total. The van der Waals surface area contributed by atoms with Crippen molar-refractivity contribution in [1.29, 1.82) is 0 Å². The van der Waals surface area contributed by atoms with Crippen LogP contribution < -0.4 is 10.5 Å². The lowest BCUT2D eigenvalue weighted by Gasteiger charge is -2.21. The van der Waals surface area contributed by atoms with Gasteiger partial charge in [0.1, 0.15) is 5.75 Å². The van der Waals surface area contributed by atoms with E-state index in [0.717, 1.165) is 37.4 Å². The van der Waals surface area contributed by atoms with Crippen LogP contribution >= 0.6 is 0 Å². The summed E-state index contributed by atoms with van der Waals surface area (Å²) in [4.78, 5) is 2.25. The highest BCUT2D eigenvalue weighted by molar-refractivity contribution is 5.29. The molecular formula is C19H26N2O. The quantitative estimate of drug-likeness (QED) is 0.809. The van der Waals surface area contributed by atoms with Crippen molar-refractivity contribution in [3.63, 3.8) is 0 Å². The molecule has 0 radical (unpaired) electrons. The first kappa shape index (κ1) is 16.5. The van der Waals surface area contributed by atoms with E-state index in [0.29, 0.717) is 0 Å². The van der Waals surface area contributed by atoms with E-state index in [1.165, 1.54) is 5.56 Å². The van der Waals surface area contributed by atoms with Crippen LogP contribution in [-0.4, -0.2) is 25.1 Å². The van der Waals surface area contributed by atoms with E-state index in [1.54, 1.807) is 0 Å². The van der Waals surface area contributed by atoms with Crippen LogP contribution in [0.5, 0.6) is 5.75 Å². The van der Waals surface area contributed by atoms with Gasteiger partial charge in [-0.15, -0.1) is 0 Å². The van der Waals surface area contributed by atoms with Gasteiger partial charge >= 0.3 is 0 Å². The molecule has 0 aromatic heterocycles. The van der Waals surface area contributed by atoms with Gasteiger partial charge in [-0.1, -0.05) is 49.4 Å². The second-order valence-corrected chi connectivity index (χ2v) is 5.71. The van der Waals surface area contributed by atoms with Gasteiger partial charge in [0.2, 0.25) is 0 Å². The van der Waals surface area contributed by atoms with Crippen molar-refractivity contribution >= 4 is 0 Å². The summed E-state index contributed by atoms with van der Waals surface area (Å²) in [5.41, 5.74) is 8.77. The fourth-order valence-corrected chi connectivity index (χ4v) is 2.43. The third-order valence-corrected chi connectivity index (χ3v) is 3.58. The molecule has 3 heteroatoms. The van der Waals surface area contributed by atoms with Gasteiger partial charge in [0.15, 0.2) is 0 Å². The normalized spacial score (nSPS) is 12.4. The van der Waals surface area contributed by atoms with Crippen LogP contribution in [0.2, 0.25) is 0 Å². The van der Waals surface area contributed by atoms with Crippen molar-refractivity contribution < 1.29 is 4.74 Å². The zero-order chi connectivity index (χ0) is 15.8. The molecule has 1 atom stereocenters. The molecule has 2 rings (SSSR count). The van der Waals surface area contributed by atoms with Crippen molar-refractivity contribution in [2.45, 2.75) is 25.9 Å². The molecule has 0 heterocycles. The van der Waals surface area contributed by atoms with Crippen LogP contribution in [0.15, 0.2) is 54.6 Å². The van der Waals surface area contributed by atoms with E-state index in [-0.39, 0.29) is 6.04 Å². The summed E-state index contributed by atoms with van der Waals surface area (Å²) in [5, 5.41) is 0. The van der Waals surface area contributed by atoms with E-state index in [9.17, 15) is 0 Å². The van der Waals surface area contributed by atoms with Gasteiger partial charge in [0.05, 0.1) is 6.61 Å². The maximum atomic E-state index is 6.32. The molecule has 0 spiro atoms. The van der Waals surface area contributed by atoms with Gasteiger partial charge in [-0.25, -0.2) is 0 Å². The molecule has 0 saturated heterocycles. The fraction of sp³-hybridized carbons (Fsp3) is 0.368. The molecule has 2 aromatic rings. The number of hydrogen-bond donors (Lipinski definition) is 1. The molecule has 0 amide bonds. The molecule has 1 unspecified atom stereocenters. The number of nitrogens with two attached hydrogens (primary N) is 1. The summed E-state index contributed by atoms with van der Waals surface area (Å²) >= 11 is 0. The number of ether oxygens (including phenoxy) is 1. The Hall–Kier alpha value is -1.84. The third kappa shape index (κ3) is 5.17. The van der Waals surface area contributed by atoms with Crippen LogP contribution in [-0.2, 0) is 6.54 Å². The minimum Gasteiger partial charge on any atom is -0.494 e. The Kier molecular flexibility index (Phi) is 6.44. The minimum absolute atomic E-state index is 0.00828. The van der Waals surface area contributed by atoms with Crippen LogP contribution in [0.3, 0.4) is 0 Å². The predicted molar refractivity (Wildman–Crippen MR) is 91.9 cm³/mol. The molecule has 118 valence electrons. The van der Waals surface area contributed by atoms with Crippen molar-refractivity contribution in [3.8, 4) is 5.75 Å². The SMILES string of the molecule is CCCOc1ccc(C(N)CN(C)Cc2ccccc2)cc1. The second kappa shape index (κ2) is 8.57. The Labute approximate surface area is 133 Å². The van der Waals surface area contributed by atoms with Crippen LogP contribution in [0, 0.1) is 0 Å². The topological polar surface area (TPSA) is 38.5 Å². The first-order chi connectivity index (χ1) is 10.7. The van der Waals surface area contributed by atoms with Crippen molar-refractivity contribution in [2.75, 3.05) is 20.2 Å². The molecule has 0 aliphatic carbocycles. The molecule has 0 aliphatic heterocycles. The summed E-state index contributed by atoms with van der Waals surface area (Å²) in [7, 11) is 2.10. The van der Waals surface area contributed by atoms with Crippen LogP contribution in [0.1, 0.15) is 30.5 Å². The number of likely N-dealkylation sites (N-methyl/N-ethyl adjacent to an activating group) is 1. The number of benzene rings is 2. The summed E-state index contributed by atoms with van der Waals surface area (Å²) in [5.74, 6) is 0.912. The Morgan fingerprint density at radius 1 is 1.05 bits per heavy atom. The maximum Gasteiger partial charge on any atom is 0.119 e. The fourth-order valence-electron chi connectivity index (χ4n) is 2.43. The minimum atomic E-state index is 0.00828. The lowest BCUT2D eigenvalue weighted by Crippen LogP contribution is -2.28. The zero-order valence-corrected chi connectivity index (χ0v) is 13.5. The van der Waals surface area contributed by atoms with E-state index in [2.05, 4.69) is 55.3 Å². The molecule has 2 aromatic carbocycles. The first-order valence-electron chi connectivity index (χ1n) is 7.90. The Balaban J connectivity index is 1.87. The number of hydrogen-bond acceptors (Lipinski definition) is 3. The van der Waals surface area contributed by atoms with E-state index < -0.39 is 0 Å². The molecule has 0 aliphatic rings. The van der Waals surface area contributed by atoms with Gasteiger partial charge in [-0.3, -0.25) is 0 Å². The van der Waals surface area contributed by atoms with Crippen molar-refractivity contribution in [3.05, 3.63) is 65.7 Å². The number of nitrogens with zero attached hydrogens (tertiary/aromatic N) is 1. The zero-order valence-electron chi connectivity index (χ0n) is 13.5. The van der Waals surface area contributed by atoms with Crippen molar-refractivity contribution in [2.24, 2.45) is 5.73 Å². The molecule has 0 bridgehead atoms. The van der Waals surface area contributed by atoms with Gasteiger partial charge < -0.3 is 15.4 Å². The molecule has 0 saturated carbocycles. The lowest BCUT2D eigenvalue weighted by atomic mass is 10.1. The van der Waals surface area contributed by atoms with Gasteiger partial charge in [-0.05, 0) is 36.7 Å². The maximum absolute atomic E-state index is 6.32. The first-order valence-corrected chi connectivity index (χ1v) is 7.90. The highest BCUT2D eigenvalue weighted by atomic mass is 16.5. The Morgan fingerprint density at radius 3 is 2.36 bits per heavy atom. The lowest BCUT2D eigenvalue weighted by molar-refractivity contribution is 0.304. The van der Waals surface area contributed by atoms with Gasteiger partial charge in [0.25, 0.3) is 0 Å². The van der Waals surface area contributed by atoms with Gasteiger partial charge in [-0.2, -0.15) is 0 Å². The highest BCUT2D eigenvalue weighted by Gasteiger charge is 2.10. The largest absolute Gasteiger partial charge is 0.494 e. The van der Waals surface area contributed by atoms with E-state index >= 15 is 0 Å². The van der Waals surface area contributed by atoms with E-state index in [4.69, 9.17) is 10.5 Å². The molecule has 2 N–H and O–H groups in total. The van der Waals surface area contributed by atoms with Crippen LogP contribution in [0.25, 0.3) is 0 Å². The van der Waals surface area contributed by atoms with Crippen LogP contribution in [0.4, 0.5) is 0 Å². The van der Waals surface area contributed by atoms with Gasteiger partial charge in [0, 0.05) is 19.1 Å². The highest BCUT2D eigenvalue weighted by Crippen LogP contribution is 2.18. The number of rotatable bonds is 8. The molecule has 22 heavy (non-hydrogen) atoms. The predicted octanol–water partition coefficient (Wildman–Crippen LogP) is 3.61. The van der Waals surface area contributed by atoms with E-state index in [1.807, 2.05) is 18.2 Å². The smallest absolute Gasteiger partial charge is 0.119 e. The Morgan fingerprint density at radius 2 is 1.73 bits per heavy atom. The summed E-state index contributed by atoms with van der Waals surface area (Å²) in [6.45, 7) is 4.59. The second-order valence-electron chi connectivity index (χ2n) is 5.71. The molecular weight excluding hydrogens is 272 g/mol. The van der Waals surface area contributed by atoms with Crippen molar-refractivity contribution in [1.82, 2.24) is 4.90 Å². The standard InChI is InChI=1S/C19H26N2O/c1-3-13-22-18-11-9-17(10-12-18)19(20)15-21(2)14-16-7-5-4-6-8-16/h4-12,19H,3,13-15,20H2,1-2H3. The summed E-state index contributed by atoms with van der Waals surface area (Å²) < 4.78 is 5.60. The molecule has 0 fully saturated rings.